The quantitative estimate of drug-likeness (QED) is 0.788. The Kier molecular flexibility index (Phi) is 3.02. The molecule has 0 aliphatic carbocycles. The molecular weight excluding hydrogens is 188 g/mol. The molecule has 80 valence electrons. The Balaban J connectivity index is 2.14. The van der Waals surface area contributed by atoms with Gasteiger partial charge in [0.05, 0.1) is 0 Å². The van der Waals surface area contributed by atoms with Gasteiger partial charge in [0.2, 0.25) is 0 Å². The number of nitrogens with two attached hydrogens (primary N) is 1. The Bertz CT molecular complexity index is 337. The van der Waals surface area contributed by atoms with Crippen LogP contribution in [0.2, 0.25) is 0 Å². The third-order valence-corrected chi connectivity index (χ3v) is 2.93. The molecule has 3 nitrogen and oxygen atoms in total. The smallest absolute Gasteiger partial charge is 0.254 e. The first-order valence-corrected chi connectivity index (χ1v) is 5.39. The maximum absolute atomic E-state index is 12.1. The first-order chi connectivity index (χ1) is 7.33. The molecule has 1 heterocycles. The normalized spacial score (nSPS) is 20.6. The standard InChI is InChI=1S/C12H16N2O/c13-9-11-7-4-8-14(11)12(15)10-5-2-1-3-6-10/h1-3,5-6,11H,4,7-9,13H2/t11-/m0/s1. The highest BCUT2D eigenvalue weighted by Crippen LogP contribution is 2.18. The average molecular weight is 204 g/mol. The van der Waals surface area contributed by atoms with Gasteiger partial charge in [0, 0.05) is 24.7 Å². The van der Waals surface area contributed by atoms with Gasteiger partial charge in [0.15, 0.2) is 0 Å². The van der Waals surface area contributed by atoms with Crippen molar-refractivity contribution in [1.29, 1.82) is 0 Å². The van der Waals surface area contributed by atoms with E-state index in [0.29, 0.717) is 6.54 Å². The molecule has 1 fully saturated rings. The highest BCUT2D eigenvalue weighted by molar-refractivity contribution is 5.94. The van der Waals surface area contributed by atoms with Crippen molar-refractivity contribution in [2.75, 3.05) is 13.1 Å². The molecule has 15 heavy (non-hydrogen) atoms. The van der Waals surface area contributed by atoms with Crippen LogP contribution in [0.5, 0.6) is 0 Å². The van der Waals surface area contributed by atoms with Crippen molar-refractivity contribution in [2.45, 2.75) is 18.9 Å². The largest absolute Gasteiger partial charge is 0.334 e. The first-order valence-electron chi connectivity index (χ1n) is 5.39. The number of nitrogens with zero attached hydrogens (tertiary/aromatic N) is 1. The van der Waals surface area contributed by atoms with E-state index in [1.54, 1.807) is 0 Å². The van der Waals surface area contributed by atoms with E-state index in [4.69, 9.17) is 5.73 Å². The summed E-state index contributed by atoms with van der Waals surface area (Å²) in [5.41, 5.74) is 6.41. The molecule has 1 aromatic carbocycles. The fraction of sp³-hybridized carbons (Fsp3) is 0.417. The van der Waals surface area contributed by atoms with Gasteiger partial charge >= 0.3 is 0 Å². The van der Waals surface area contributed by atoms with E-state index < -0.39 is 0 Å². The molecule has 2 rings (SSSR count). The van der Waals surface area contributed by atoms with Gasteiger partial charge in [-0.3, -0.25) is 4.79 Å². The minimum Gasteiger partial charge on any atom is -0.334 e. The van der Waals surface area contributed by atoms with E-state index in [9.17, 15) is 4.79 Å². The van der Waals surface area contributed by atoms with Crippen molar-refractivity contribution in [2.24, 2.45) is 5.73 Å². The van der Waals surface area contributed by atoms with E-state index in [1.165, 1.54) is 0 Å². The summed E-state index contributed by atoms with van der Waals surface area (Å²) in [6.45, 7) is 1.41. The number of rotatable bonds is 2. The Morgan fingerprint density at radius 3 is 2.80 bits per heavy atom. The number of benzene rings is 1. The number of likely N-dealkylation sites (tertiary alicyclic amines) is 1. The minimum atomic E-state index is 0.114. The monoisotopic (exact) mass is 204 g/mol. The first kappa shape index (κ1) is 10.2. The summed E-state index contributed by atoms with van der Waals surface area (Å²) in [5, 5.41) is 0. The second-order valence-corrected chi connectivity index (χ2v) is 3.90. The molecule has 0 unspecified atom stereocenters. The van der Waals surface area contributed by atoms with Gasteiger partial charge in [0.1, 0.15) is 0 Å². The van der Waals surface area contributed by atoms with Crippen molar-refractivity contribution in [1.82, 2.24) is 4.90 Å². The number of hydrogen-bond acceptors (Lipinski definition) is 2. The van der Waals surface area contributed by atoms with Gasteiger partial charge in [-0.25, -0.2) is 0 Å². The van der Waals surface area contributed by atoms with Gasteiger partial charge in [-0.15, -0.1) is 0 Å². The summed E-state index contributed by atoms with van der Waals surface area (Å²) in [6.07, 6.45) is 2.11. The lowest BCUT2D eigenvalue weighted by molar-refractivity contribution is 0.0741. The molecular formula is C12H16N2O. The summed E-state index contributed by atoms with van der Waals surface area (Å²) in [6, 6.07) is 9.64. The SMILES string of the molecule is NC[C@@H]1CCCN1C(=O)c1ccccc1. The van der Waals surface area contributed by atoms with Crippen molar-refractivity contribution in [3.8, 4) is 0 Å². The Morgan fingerprint density at radius 1 is 1.40 bits per heavy atom. The van der Waals surface area contributed by atoms with Crippen molar-refractivity contribution >= 4 is 5.91 Å². The van der Waals surface area contributed by atoms with Crippen LogP contribution in [0.15, 0.2) is 30.3 Å². The predicted octanol–water partition coefficient (Wildman–Crippen LogP) is 1.25. The molecule has 0 aromatic heterocycles. The molecule has 2 N–H and O–H groups in total. The van der Waals surface area contributed by atoms with Gasteiger partial charge < -0.3 is 10.6 Å². The molecule has 1 atom stereocenters. The Labute approximate surface area is 89.9 Å². The van der Waals surface area contributed by atoms with E-state index >= 15 is 0 Å². The maximum atomic E-state index is 12.1. The minimum absolute atomic E-state index is 0.114. The van der Waals surface area contributed by atoms with Crippen LogP contribution in [0.4, 0.5) is 0 Å². The highest BCUT2D eigenvalue weighted by atomic mass is 16.2. The third kappa shape index (κ3) is 2.02. The van der Waals surface area contributed by atoms with Crippen LogP contribution in [0.25, 0.3) is 0 Å². The van der Waals surface area contributed by atoms with E-state index in [-0.39, 0.29) is 11.9 Å². The number of hydrogen-bond donors (Lipinski definition) is 1. The molecule has 0 saturated carbocycles. The lowest BCUT2D eigenvalue weighted by atomic mass is 10.1. The highest BCUT2D eigenvalue weighted by Gasteiger charge is 2.27. The zero-order valence-electron chi connectivity index (χ0n) is 8.73. The molecule has 0 bridgehead atoms. The van der Waals surface area contributed by atoms with E-state index in [2.05, 4.69) is 0 Å². The molecule has 1 amide bonds. The molecule has 1 aliphatic rings. The molecule has 0 spiro atoms. The summed E-state index contributed by atoms with van der Waals surface area (Å²) >= 11 is 0. The van der Waals surface area contributed by atoms with Gasteiger partial charge in [-0.05, 0) is 25.0 Å². The van der Waals surface area contributed by atoms with Crippen molar-refractivity contribution < 1.29 is 4.79 Å². The average Bonchev–Trinajstić information content (AvgIpc) is 2.77. The van der Waals surface area contributed by atoms with Gasteiger partial charge in [-0.2, -0.15) is 0 Å². The number of amides is 1. The summed E-state index contributed by atoms with van der Waals surface area (Å²) < 4.78 is 0. The van der Waals surface area contributed by atoms with Crippen LogP contribution < -0.4 is 5.73 Å². The molecule has 1 aliphatic heterocycles. The predicted molar refractivity (Wildman–Crippen MR) is 59.6 cm³/mol. The Hall–Kier alpha value is -1.35. The van der Waals surface area contributed by atoms with E-state index in [1.807, 2.05) is 35.2 Å². The molecule has 1 saturated heterocycles. The van der Waals surface area contributed by atoms with Crippen LogP contribution >= 0.6 is 0 Å². The lowest BCUT2D eigenvalue weighted by Gasteiger charge is -2.23. The van der Waals surface area contributed by atoms with Crippen molar-refractivity contribution in [3.05, 3.63) is 35.9 Å². The van der Waals surface area contributed by atoms with Gasteiger partial charge in [-0.1, -0.05) is 18.2 Å². The number of carbonyl (C=O) groups excluding carboxylic acids is 1. The zero-order valence-corrected chi connectivity index (χ0v) is 8.73. The van der Waals surface area contributed by atoms with E-state index in [0.717, 1.165) is 24.9 Å². The molecule has 3 heteroatoms. The fourth-order valence-corrected chi connectivity index (χ4v) is 2.09. The third-order valence-electron chi connectivity index (χ3n) is 2.93. The van der Waals surface area contributed by atoms with Crippen molar-refractivity contribution in [3.63, 3.8) is 0 Å². The van der Waals surface area contributed by atoms with Crippen LogP contribution in [0.1, 0.15) is 23.2 Å². The fourth-order valence-electron chi connectivity index (χ4n) is 2.09. The molecule has 1 aromatic rings. The number of carbonyl (C=O) groups is 1. The second-order valence-electron chi connectivity index (χ2n) is 3.90. The lowest BCUT2D eigenvalue weighted by Crippen LogP contribution is -2.39. The second kappa shape index (κ2) is 4.45. The van der Waals surface area contributed by atoms with Crippen LogP contribution in [0, 0.1) is 0 Å². The summed E-state index contributed by atoms with van der Waals surface area (Å²) in [7, 11) is 0. The van der Waals surface area contributed by atoms with Crippen LogP contribution in [-0.4, -0.2) is 29.9 Å². The zero-order chi connectivity index (χ0) is 10.7. The van der Waals surface area contributed by atoms with Crippen LogP contribution in [0.3, 0.4) is 0 Å². The van der Waals surface area contributed by atoms with Gasteiger partial charge in [0.25, 0.3) is 5.91 Å². The summed E-state index contributed by atoms with van der Waals surface area (Å²) in [4.78, 5) is 14.0. The maximum Gasteiger partial charge on any atom is 0.254 e. The summed E-state index contributed by atoms with van der Waals surface area (Å²) in [5.74, 6) is 0.114. The Morgan fingerprint density at radius 2 is 2.13 bits per heavy atom. The van der Waals surface area contributed by atoms with Crippen LogP contribution in [-0.2, 0) is 0 Å². The molecule has 0 radical (unpaired) electrons. The topological polar surface area (TPSA) is 46.3 Å².